The maximum atomic E-state index is 13.6. The fourth-order valence-corrected chi connectivity index (χ4v) is 2.59. The second-order valence-corrected chi connectivity index (χ2v) is 8.11. The highest BCUT2D eigenvalue weighted by Crippen LogP contribution is 2.68. The van der Waals surface area contributed by atoms with Gasteiger partial charge < -0.3 is 4.74 Å². The standard InChI is InChI=1S/C15H5F25O/c16-4(17,1-3-2-41-3)5(18,19)6(20,21)7(22,23)8(24,25)9(26,27)10(28,29)11(30,31)12(32,33)13(34,35)14(36,37)15(38,39)40/h3H,1-2H2/t3-/m0/s1. The molecule has 1 aliphatic heterocycles. The smallest absolute Gasteiger partial charge is 0.373 e. The summed E-state index contributed by atoms with van der Waals surface area (Å²) in [6.45, 7) is -1.02. The van der Waals surface area contributed by atoms with Crippen molar-refractivity contribution in [1.82, 2.24) is 0 Å². The van der Waals surface area contributed by atoms with Crippen LogP contribution in [0.5, 0.6) is 0 Å². The van der Waals surface area contributed by atoms with Gasteiger partial charge in [0.1, 0.15) is 0 Å². The summed E-state index contributed by atoms with van der Waals surface area (Å²) in [6.07, 6.45) is -13.2. The lowest BCUT2D eigenvalue weighted by atomic mass is 9.84. The average Bonchev–Trinajstić information content (AvgIpc) is 3.54. The Morgan fingerprint density at radius 3 is 0.732 bits per heavy atom. The Bertz CT molecular complexity index is 968. The van der Waals surface area contributed by atoms with Crippen molar-refractivity contribution in [2.75, 3.05) is 6.61 Å². The molecule has 1 rings (SSSR count). The Morgan fingerprint density at radius 2 is 0.537 bits per heavy atom. The number of epoxide rings is 1. The third-order valence-electron chi connectivity index (χ3n) is 5.25. The molecule has 0 aromatic carbocycles. The summed E-state index contributed by atoms with van der Waals surface area (Å²) in [5, 5.41) is 0. The van der Waals surface area contributed by atoms with Crippen LogP contribution >= 0.6 is 0 Å². The molecule has 0 radical (unpaired) electrons. The van der Waals surface area contributed by atoms with Crippen molar-refractivity contribution in [2.45, 2.75) is 83.8 Å². The average molecular weight is 676 g/mol. The summed E-state index contributed by atoms with van der Waals surface area (Å²) in [6, 6.07) is 0. The highest BCUT2D eigenvalue weighted by Gasteiger charge is 2.99. The van der Waals surface area contributed by atoms with Gasteiger partial charge in [-0.3, -0.25) is 0 Å². The maximum absolute atomic E-state index is 13.6. The molecule has 0 unspecified atom stereocenters. The van der Waals surface area contributed by atoms with Crippen LogP contribution in [0.4, 0.5) is 110 Å². The van der Waals surface area contributed by atoms with Crippen LogP contribution in [0, 0.1) is 0 Å². The monoisotopic (exact) mass is 676 g/mol. The van der Waals surface area contributed by atoms with Gasteiger partial charge in [-0.25, -0.2) is 0 Å². The van der Waals surface area contributed by atoms with Gasteiger partial charge >= 0.3 is 71.3 Å². The topological polar surface area (TPSA) is 12.5 Å². The number of halogens is 25. The summed E-state index contributed by atoms with van der Waals surface area (Å²) < 4.78 is 335. The maximum Gasteiger partial charge on any atom is 0.460 e. The van der Waals surface area contributed by atoms with E-state index < -0.39 is 90.5 Å². The number of hydrogen-bond donors (Lipinski definition) is 0. The van der Waals surface area contributed by atoms with E-state index in [2.05, 4.69) is 4.74 Å². The Labute approximate surface area is 206 Å². The quantitative estimate of drug-likeness (QED) is 0.150. The van der Waals surface area contributed by atoms with Crippen molar-refractivity contribution in [3.05, 3.63) is 0 Å². The normalized spacial score (nSPS) is 20.0. The zero-order valence-electron chi connectivity index (χ0n) is 17.8. The predicted octanol–water partition coefficient (Wildman–Crippen LogP) is 8.33. The minimum absolute atomic E-state index is 1.02. The van der Waals surface area contributed by atoms with Crippen LogP contribution in [-0.4, -0.2) is 84.0 Å². The third kappa shape index (κ3) is 4.53. The molecule has 0 aromatic heterocycles. The first-order valence-electron chi connectivity index (χ1n) is 9.17. The van der Waals surface area contributed by atoms with Gasteiger partial charge in [0.25, 0.3) is 0 Å². The minimum Gasteiger partial charge on any atom is -0.373 e. The van der Waals surface area contributed by atoms with Gasteiger partial charge in [-0.05, 0) is 0 Å². The second-order valence-electron chi connectivity index (χ2n) is 8.11. The Morgan fingerprint density at radius 1 is 0.341 bits per heavy atom. The highest BCUT2D eigenvalue weighted by molar-refractivity contribution is 5.19. The van der Waals surface area contributed by atoms with E-state index in [-0.39, 0.29) is 0 Å². The van der Waals surface area contributed by atoms with Crippen LogP contribution in [0.2, 0.25) is 0 Å². The number of ether oxygens (including phenoxy) is 1. The van der Waals surface area contributed by atoms with Gasteiger partial charge in [-0.15, -0.1) is 0 Å². The molecule has 1 aliphatic rings. The summed E-state index contributed by atoms with van der Waals surface area (Å²) in [5.41, 5.74) is 0. The zero-order chi connectivity index (χ0) is 33.7. The van der Waals surface area contributed by atoms with Gasteiger partial charge in [0.2, 0.25) is 0 Å². The number of hydrogen-bond acceptors (Lipinski definition) is 1. The molecule has 1 heterocycles. The molecule has 0 aromatic rings. The Balaban J connectivity index is 3.81. The van der Waals surface area contributed by atoms with Crippen molar-refractivity contribution in [3.8, 4) is 0 Å². The SMILES string of the molecule is FC(F)(F)C(F)(F)C(F)(F)C(F)(F)C(F)(F)C(F)(F)C(F)(F)C(F)(F)C(F)(F)C(F)(F)C(F)(F)C(F)(F)C[C@H]1CO1. The third-order valence-corrected chi connectivity index (χ3v) is 5.25. The largest absolute Gasteiger partial charge is 0.460 e. The van der Waals surface area contributed by atoms with Crippen LogP contribution in [-0.2, 0) is 4.74 Å². The van der Waals surface area contributed by atoms with E-state index >= 15 is 0 Å². The molecule has 1 atom stereocenters. The van der Waals surface area contributed by atoms with E-state index in [0.717, 1.165) is 0 Å². The minimum atomic E-state index is -9.57. The highest BCUT2D eigenvalue weighted by atomic mass is 19.4. The summed E-state index contributed by atoms with van der Waals surface area (Å²) in [4.78, 5) is 0. The van der Waals surface area contributed by atoms with Crippen molar-refractivity contribution in [3.63, 3.8) is 0 Å². The van der Waals surface area contributed by atoms with Gasteiger partial charge in [-0.1, -0.05) is 0 Å². The predicted molar refractivity (Wildman–Crippen MR) is 74.8 cm³/mol. The van der Waals surface area contributed by atoms with E-state index in [1.807, 2.05) is 0 Å². The number of alkyl halides is 25. The number of rotatable bonds is 12. The van der Waals surface area contributed by atoms with E-state index in [9.17, 15) is 110 Å². The van der Waals surface area contributed by atoms with Crippen LogP contribution < -0.4 is 0 Å². The Hall–Kier alpha value is -1.79. The first-order chi connectivity index (χ1) is 17.3. The molecule has 0 amide bonds. The summed E-state index contributed by atoms with van der Waals surface area (Å²) in [7, 11) is 0. The molecule has 0 aliphatic carbocycles. The molecule has 26 heteroatoms. The second kappa shape index (κ2) is 9.11. The Kier molecular flexibility index (Phi) is 8.27. The molecule has 0 bridgehead atoms. The molecule has 0 spiro atoms. The molecule has 41 heavy (non-hydrogen) atoms. The lowest BCUT2D eigenvalue weighted by Gasteiger charge is -2.45. The van der Waals surface area contributed by atoms with E-state index in [4.69, 9.17) is 0 Å². The van der Waals surface area contributed by atoms with E-state index in [1.54, 1.807) is 0 Å². The molecule has 1 fully saturated rings. The van der Waals surface area contributed by atoms with Crippen LogP contribution in [0.3, 0.4) is 0 Å². The van der Waals surface area contributed by atoms with Gasteiger partial charge in [-0.2, -0.15) is 110 Å². The molecule has 246 valence electrons. The summed E-state index contributed by atoms with van der Waals surface area (Å²) >= 11 is 0. The lowest BCUT2D eigenvalue weighted by molar-refractivity contribution is -0.482. The molecule has 0 N–H and O–H groups in total. The molecular weight excluding hydrogens is 671 g/mol. The van der Waals surface area contributed by atoms with Crippen molar-refractivity contribution in [1.29, 1.82) is 0 Å². The summed E-state index contributed by atoms with van der Waals surface area (Å²) in [5.74, 6) is -97.8. The molecular formula is C15H5F25O. The zero-order valence-corrected chi connectivity index (χ0v) is 17.8. The fourth-order valence-electron chi connectivity index (χ4n) is 2.59. The fraction of sp³-hybridized carbons (Fsp3) is 1.00. The lowest BCUT2D eigenvalue weighted by Crippen LogP contribution is -2.78. The van der Waals surface area contributed by atoms with E-state index in [0.29, 0.717) is 0 Å². The first-order valence-corrected chi connectivity index (χ1v) is 9.17. The van der Waals surface area contributed by atoms with Crippen LogP contribution in [0.25, 0.3) is 0 Å². The molecule has 1 saturated heterocycles. The van der Waals surface area contributed by atoms with Crippen LogP contribution in [0.1, 0.15) is 6.42 Å². The van der Waals surface area contributed by atoms with E-state index in [1.165, 1.54) is 0 Å². The van der Waals surface area contributed by atoms with Crippen LogP contribution in [0.15, 0.2) is 0 Å². The van der Waals surface area contributed by atoms with Crippen molar-refractivity contribution in [2.24, 2.45) is 0 Å². The van der Waals surface area contributed by atoms with Gasteiger partial charge in [0.15, 0.2) is 0 Å². The first kappa shape index (κ1) is 37.2. The van der Waals surface area contributed by atoms with Crippen molar-refractivity contribution >= 4 is 0 Å². The molecule has 0 saturated carbocycles. The van der Waals surface area contributed by atoms with Gasteiger partial charge in [0.05, 0.1) is 12.7 Å². The van der Waals surface area contributed by atoms with Crippen molar-refractivity contribution < 1.29 is 114 Å². The molecule has 1 nitrogen and oxygen atoms in total. The van der Waals surface area contributed by atoms with Gasteiger partial charge in [0, 0.05) is 6.42 Å².